The molecule has 0 bridgehead atoms. The Morgan fingerprint density at radius 1 is 1.35 bits per heavy atom. The van der Waals surface area contributed by atoms with Crippen LogP contribution in [-0.2, 0) is 19.4 Å². The van der Waals surface area contributed by atoms with Gasteiger partial charge >= 0.3 is 0 Å². The summed E-state index contributed by atoms with van der Waals surface area (Å²) in [5, 5.41) is 3.44. The molecule has 94 valence electrons. The van der Waals surface area contributed by atoms with Crippen molar-refractivity contribution < 1.29 is 0 Å². The first-order valence-electron chi connectivity index (χ1n) is 7.19. The molecule has 0 unspecified atom stereocenters. The molecule has 0 atom stereocenters. The average Bonchev–Trinajstić information content (AvgIpc) is 2.94. The van der Waals surface area contributed by atoms with Crippen LogP contribution in [0.1, 0.15) is 62.3 Å². The molecule has 3 rings (SSSR count). The van der Waals surface area contributed by atoms with E-state index in [4.69, 9.17) is 4.98 Å². The molecule has 1 aliphatic carbocycles. The summed E-state index contributed by atoms with van der Waals surface area (Å²) in [5.41, 5.74) is 2.87. The molecule has 1 aliphatic heterocycles. The normalized spacial score (nSPS) is 20.8. The van der Waals surface area contributed by atoms with E-state index in [1.165, 1.54) is 50.0 Å². The number of aromatic nitrogens is 2. The van der Waals surface area contributed by atoms with Crippen LogP contribution >= 0.6 is 0 Å². The summed E-state index contributed by atoms with van der Waals surface area (Å²) in [6.07, 6.45) is 9.06. The van der Waals surface area contributed by atoms with Crippen molar-refractivity contribution in [3.05, 3.63) is 17.2 Å². The summed E-state index contributed by atoms with van der Waals surface area (Å²) in [6.45, 7) is 4.35. The molecular formula is C14H23N3. The standard InChI is InChI=1S/C14H23N3/c1-2-5-14-16-12-10-15-9-8-13(12)17(14)11-6-3-4-7-11/h11,15H,2-10H2,1H3. The largest absolute Gasteiger partial charge is 0.329 e. The lowest BCUT2D eigenvalue weighted by Gasteiger charge is -2.21. The Balaban J connectivity index is 1.99. The van der Waals surface area contributed by atoms with Crippen molar-refractivity contribution in [2.45, 2.75) is 64.5 Å². The van der Waals surface area contributed by atoms with Crippen molar-refractivity contribution in [2.24, 2.45) is 0 Å². The Hall–Kier alpha value is -0.830. The zero-order valence-electron chi connectivity index (χ0n) is 10.8. The number of nitrogens with zero attached hydrogens (tertiary/aromatic N) is 2. The van der Waals surface area contributed by atoms with Gasteiger partial charge < -0.3 is 9.88 Å². The molecule has 0 spiro atoms. The molecular weight excluding hydrogens is 210 g/mol. The highest BCUT2D eigenvalue weighted by atomic mass is 15.1. The third-order valence-electron chi connectivity index (χ3n) is 4.16. The van der Waals surface area contributed by atoms with Crippen LogP contribution in [-0.4, -0.2) is 16.1 Å². The molecule has 0 saturated heterocycles. The van der Waals surface area contributed by atoms with Crippen LogP contribution in [0.4, 0.5) is 0 Å². The Bertz CT molecular complexity index is 388. The molecule has 1 N–H and O–H groups in total. The second-order valence-electron chi connectivity index (χ2n) is 5.41. The summed E-state index contributed by atoms with van der Waals surface area (Å²) in [6, 6.07) is 0.755. The Morgan fingerprint density at radius 3 is 2.94 bits per heavy atom. The van der Waals surface area contributed by atoms with E-state index in [0.29, 0.717) is 0 Å². The van der Waals surface area contributed by atoms with Crippen molar-refractivity contribution in [3.63, 3.8) is 0 Å². The zero-order chi connectivity index (χ0) is 11.7. The highest BCUT2D eigenvalue weighted by Gasteiger charge is 2.26. The second kappa shape index (κ2) is 4.81. The second-order valence-corrected chi connectivity index (χ2v) is 5.41. The average molecular weight is 233 g/mol. The van der Waals surface area contributed by atoms with Crippen LogP contribution < -0.4 is 5.32 Å². The lowest BCUT2D eigenvalue weighted by molar-refractivity contribution is 0.470. The van der Waals surface area contributed by atoms with Gasteiger partial charge in [-0.2, -0.15) is 0 Å². The van der Waals surface area contributed by atoms with Gasteiger partial charge in [0.05, 0.1) is 5.69 Å². The maximum absolute atomic E-state index is 4.89. The van der Waals surface area contributed by atoms with E-state index in [9.17, 15) is 0 Å². The van der Waals surface area contributed by atoms with Crippen molar-refractivity contribution in [3.8, 4) is 0 Å². The molecule has 1 saturated carbocycles. The highest BCUT2D eigenvalue weighted by molar-refractivity contribution is 5.21. The van der Waals surface area contributed by atoms with Crippen molar-refractivity contribution in [1.82, 2.24) is 14.9 Å². The number of hydrogen-bond donors (Lipinski definition) is 1. The van der Waals surface area contributed by atoms with Crippen molar-refractivity contribution >= 4 is 0 Å². The van der Waals surface area contributed by atoms with Gasteiger partial charge in [-0.15, -0.1) is 0 Å². The number of nitrogens with one attached hydrogen (secondary N) is 1. The monoisotopic (exact) mass is 233 g/mol. The topological polar surface area (TPSA) is 29.9 Å². The Morgan fingerprint density at radius 2 is 2.18 bits per heavy atom. The maximum Gasteiger partial charge on any atom is 0.109 e. The molecule has 3 heteroatoms. The van der Waals surface area contributed by atoms with Gasteiger partial charge in [-0.1, -0.05) is 19.8 Å². The van der Waals surface area contributed by atoms with Crippen LogP contribution in [0.2, 0.25) is 0 Å². The number of rotatable bonds is 3. The van der Waals surface area contributed by atoms with E-state index in [0.717, 1.165) is 25.6 Å². The molecule has 0 amide bonds. The third-order valence-corrected chi connectivity index (χ3v) is 4.16. The third kappa shape index (κ3) is 2.01. The first-order chi connectivity index (χ1) is 8.40. The molecule has 2 aliphatic rings. The molecule has 1 fully saturated rings. The maximum atomic E-state index is 4.89. The van der Waals surface area contributed by atoms with E-state index >= 15 is 0 Å². The molecule has 17 heavy (non-hydrogen) atoms. The number of hydrogen-bond acceptors (Lipinski definition) is 2. The van der Waals surface area contributed by atoms with Gasteiger partial charge in [0, 0.05) is 37.7 Å². The van der Waals surface area contributed by atoms with E-state index in [1.54, 1.807) is 5.69 Å². The minimum absolute atomic E-state index is 0.755. The van der Waals surface area contributed by atoms with Crippen LogP contribution in [0.25, 0.3) is 0 Å². The van der Waals surface area contributed by atoms with Gasteiger partial charge in [-0.05, 0) is 19.3 Å². The summed E-state index contributed by atoms with van der Waals surface area (Å²) in [5.74, 6) is 1.35. The van der Waals surface area contributed by atoms with E-state index in [1.807, 2.05) is 0 Å². The summed E-state index contributed by atoms with van der Waals surface area (Å²) in [7, 11) is 0. The van der Waals surface area contributed by atoms with Gasteiger partial charge in [-0.3, -0.25) is 0 Å². The quantitative estimate of drug-likeness (QED) is 0.869. The fraction of sp³-hybridized carbons (Fsp3) is 0.786. The van der Waals surface area contributed by atoms with Crippen LogP contribution in [0, 0.1) is 0 Å². The minimum Gasteiger partial charge on any atom is -0.329 e. The highest BCUT2D eigenvalue weighted by Crippen LogP contribution is 2.33. The fourth-order valence-corrected chi connectivity index (χ4v) is 3.38. The molecule has 3 nitrogen and oxygen atoms in total. The molecule has 0 aromatic carbocycles. The number of fused-ring (bicyclic) bond motifs is 1. The van der Waals surface area contributed by atoms with Crippen LogP contribution in [0.5, 0.6) is 0 Å². The van der Waals surface area contributed by atoms with Gasteiger partial charge in [0.2, 0.25) is 0 Å². The minimum atomic E-state index is 0.755. The van der Waals surface area contributed by atoms with Crippen molar-refractivity contribution in [1.29, 1.82) is 0 Å². The molecule has 2 heterocycles. The lowest BCUT2D eigenvalue weighted by Crippen LogP contribution is -2.25. The van der Waals surface area contributed by atoms with Gasteiger partial charge in [-0.25, -0.2) is 4.98 Å². The summed E-state index contributed by atoms with van der Waals surface area (Å²) >= 11 is 0. The predicted molar refractivity (Wildman–Crippen MR) is 69.1 cm³/mol. The summed E-state index contributed by atoms with van der Waals surface area (Å²) < 4.78 is 2.62. The number of imidazole rings is 1. The SMILES string of the molecule is CCCc1nc2c(n1C1CCCC1)CCNC2. The van der Waals surface area contributed by atoms with Gasteiger partial charge in [0.15, 0.2) is 0 Å². The first kappa shape index (κ1) is 11.3. The Labute approximate surface area is 104 Å². The molecule has 1 aromatic rings. The molecule has 0 radical (unpaired) electrons. The van der Waals surface area contributed by atoms with Crippen LogP contribution in [0.3, 0.4) is 0 Å². The smallest absolute Gasteiger partial charge is 0.109 e. The zero-order valence-corrected chi connectivity index (χ0v) is 10.8. The van der Waals surface area contributed by atoms with E-state index < -0.39 is 0 Å². The number of aryl methyl sites for hydroxylation is 1. The lowest BCUT2D eigenvalue weighted by atomic mass is 10.1. The predicted octanol–water partition coefficient (Wildman–Crippen LogP) is 2.60. The van der Waals surface area contributed by atoms with Crippen LogP contribution in [0.15, 0.2) is 0 Å². The van der Waals surface area contributed by atoms with Gasteiger partial charge in [0.25, 0.3) is 0 Å². The fourth-order valence-electron chi connectivity index (χ4n) is 3.38. The molecule has 1 aromatic heterocycles. The van der Waals surface area contributed by atoms with E-state index in [2.05, 4.69) is 16.8 Å². The van der Waals surface area contributed by atoms with Gasteiger partial charge in [0.1, 0.15) is 5.82 Å². The van der Waals surface area contributed by atoms with E-state index in [-0.39, 0.29) is 0 Å². The summed E-state index contributed by atoms with van der Waals surface area (Å²) in [4.78, 5) is 4.89. The first-order valence-corrected chi connectivity index (χ1v) is 7.19. The van der Waals surface area contributed by atoms with Crippen molar-refractivity contribution in [2.75, 3.05) is 6.54 Å². The Kier molecular flexibility index (Phi) is 3.19.